The van der Waals surface area contributed by atoms with Gasteiger partial charge in [-0.25, -0.2) is 4.98 Å². The summed E-state index contributed by atoms with van der Waals surface area (Å²) in [4.78, 5) is 14.1. The average Bonchev–Trinajstić information content (AvgIpc) is 2.39. The van der Waals surface area contributed by atoms with Crippen LogP contribution in [0.5, 0.6) is 0 Å². The van der Waals surface area contributed by atoms with E-state index in [9.17, 15) is 10.1 Å². The molecule has 5 nitrogen and oxygen atoms in total. The molecule has 0 aliphatic rings. The summed E-state index contributed by atoms with van der Waals surface area (Å²) < 4.78 is 0.639. The highest BCUT2D eigenvalue weighted by atomic mass is 79.9. The van der Waals surface area contributed by atoms with E-state index >= 15 is 0 Å². The van der Waals surface area contributed by atoms with E-state index in [1.54, 1.807) is 12.1 Å². The average molecular weight is 397 g/mol. The van der Waals surface area contributed by atoms with Gasteiger partial charge in [0.15, 0.2) is 0 Å². The molecule has 2 aromatic rings. The number of benzene rings is 1. The van der Waals surface area contributed by atoms with Crippen LogP contribution in [0.3, 0.4) is 0 Å². The fourth-order valence-electron chi connectivity index (χ4n) is 1.41. The lowest BCUT2D eigenvalue weighted by Gasteiger charge is -2.09. The van der Waals surface area contributed by atoms with Crippen LogP contribution < -0.4 is 5.32 Å². The normalized spacial score (nSPS) is 10.4. The predicted octanol–water partition coefficient (Wildman–Crippen LogP) is 5.46. The first-order valence-corrected chi connectivity index (χ1v) is 7.03. The van der Waals surface area contributed by atoms with E-state index in [4.69, 9.17) is 34.8 Å². The highest BCUT2D eigenvalue weighted by molar-refractivity contribution is 9.10. The zero-order chi connectivity index (χ0) is 14.9. The number of halogens is 4. The summed E-state index contributed by atoms with van der Waals surface area (Å²) in [5.74, 6) is 0.199. The van der Waals surface area contributed by atoms with Crippen molar-refractivity contribution in [3.63, 3.8) is 0 Å². The van der Waals surface area contributed by atoms with E-state index in [1.807, 2.05) is 0 Å². The molecule has 9 heteroatoms. The Morgan fingerprint density at radius 2 is 1.90 bits per heavy atom. The van der Waals surface area contributed by atoms with Crippen molar-refractivity contribution in [1.29, 1.82) is 0 Å². The third-order valence-electron chi connectivity index (χ3n) is 2.29. The van der Waals surface area contributed by atoms with Crippen LogP contribution in [-0.2, 0) is 0 Å². The zero-order valence-corrected chi connectivity index (χ0v) is 13.4. The zero-order valence-electron chi connectivity index (χ0n) is 9.53. The molecule has 2 rings (SSSR count). The molecule has 20 heavy (non-hydrogen) atoms. The quantitative estimate of drug-likeness (QED) is 0.323. The number of hydrogen-bond donors (Lipinski definition) is 1. The van der Waals surface area contributed by atoms with Crippen LogP contribution in [0.25, 0.3) is 0 Å². The maximum Gasteiger partial charge on any atom is 0.276 e. The molecule has 0 saturated heterocycles. The van der Waals surface area contributed by atoms with Gasteiger partial charge in [-0.3, -0.25) is 10.1 Å². The lowest BCUT2D eigenvalue weighted by Crippen LogP contribution is -1.97. The Kier molecular flexibility index (Phi) is 4.70. The van der Waals surface area contributed by atoms with E-state index in [0.29, 0.717) is 15.2 Å². The van der Waals surface area contributed by atoms with Gasteiger partial charge >= 0.3 is 0 Å². The van der Waals surface area contributed by atoms with Crippen LogP contribution in [0.15, 0.2) is 28.7 Å². The molecule has 0 aliphatic carbocycles. The van der Waals surface area contributed by atoms with Crippen molar-refractivity contribution in [1.82, 2.24) is 4.98 Å². The van der Waals surface area contributed by atoms with E-state index < -0.39 is 4.92 Å². The van der Waals surface area contributed by atoms with Gasteiger partial charge in [-0.1, -0.05) is 34.8 Å². The lowest BCUT2D eigenvalue weighted by atomic mass is 10.3. The summed E-state index contributed by atoms with van der Waals surface area (Å²) in [6, 6.07) is 5.75. The largest absolute Gasteiger partial charge is 0.339 e. The molecule has 0 spiro atoms. The first-order valence-electron chi connectivity index (χ1n) is 5.11. The van der Waals surface area contributed by atoms with Crippen molar-refractivity contribution in [3.05, 3.63) is 54.1 Å². The molecular weight excluding hydrogens is 392 g/mol. The second kappa shape index (κ2) is 6.13. The number of pyridine rings is 1. The van der Waals surface area contributed by atoms with Gasteiger partial charge in [-0.2, -0.15) is 0 Å². The Morgan fingerprint density at radius 1 is 1.20 bits per heavy atom. The van der Waals surface area contributed by atoms with Gasteiger partial charge in [-0.05, 0) is 28.1 Å². The third kappa shape index (κ3) is 3.32. The van der Waals surface area contributed by atoms with Gasteiger partial charge in [0.05, 0.1) is 32.8 Å². The van der Waals surface area contributed by atoms with Crippen molar-refractivity contribution < 1.29 is 4.92 Å². The molecule has 0 aliphatic heterocycles. The Labute approximate surface area is 137 Å². The number of nitro groups is 1. The minimum atomic E-state index is -0.561. The number of anilines is 2. The Hall–Kier alpha value is -1.08. The lowest BCUT2D eigenvalue weighted by molar-refractivity contribution is -0.384. The van der Waals surface area contributed by atoms with Gasteiger partial charge in [-0.15, -0.1) is 0 Å². The Morgan fingerprint density at radius 3 is 2.55 bits per heavy atom. The molecule has 0 amide bonds. The Bertz CT molecular complexity index is 697. The SMILES string of the molecule is O=[N+]([O-])c1cc(Cl)nc(Nc2ccc(Br)c(Cl)c2Cl)c1. The minimum absolute atomic E-state index is 0.000955. The summed E-state index contributed by atoms with van der Waals surface area (Å²) in [6.45, 7) is 0. The molecule has 0 fully saturated rings. The van der Waals surface area contributed by atoms with E-state index in [0.717, 1.165) is 6.07 Å². The fraction of sp³-hybridized carbons (Fsp3) is 0. The van der Waals surface area contributed by atoms with Crippen molar-refractivity contribution in [3.8, 4) is 0 Å². The van der Waals surface area contributed by atoms with E-state index in [1.165, 1.54) is 6.07 Å². The number of hydrogen-bond acceptors (Lipinski definition) is 4. The Balaban J connectivity index is 2.40. The number of aromatic nitrogens is 1. The summed E-state index contributed by atoms with van der Waals surface area (Å²) in [5.41, 5.74) is 0.288. The van der Waals surface area contributed by atoms with Gasteiger partial charge in [0, 0.05) is 4.47 Å². The van der Waals surface area contributed by atoms with Crippen LogP contribution in [0.1, 0.15) is 0 Å². The van der Waals surface area contributed by atoms with Gasteiger partial charge in [0.1, 0.15) is 11.0 Å². The summed E-state index contributed by atoms with van der Waals surface area (Å²) in [6.07, 6.45) is 0. The van der Waals surface area contributed by atoms with E-state index in [2.05, 4.69) is 26.2 Å². The summed E-state index contributed by atoms with van der Waals surface area (Å²) in [5, 5.41) is 14.2. The molecule has 1 N–H and O–H groups in total. The molecule has 1 aromatic heterocycles. The van der Waals surface area contributed by atoms with Crippen LogP contribution in [-0.4, -0.2) is 9.91 Å². The monoisotopic (exact) mass is 395 g/mol. The van der Waals surface area contributed by atoms with Gasteiger partial charge in [0.2, 0.25) is 0 Å². The minimum Gasteiger partial charge on any atom is -0.339 e. The van der Waals surface area contributed by atoms with Crippen molar-refractivity contribution in [2.24, 2.45) is 0 Å². The number of rotatable bonds is 3. The van der Waals surface area contributed by atoms with Crippen molar-refractivity contribution in [2.75, 3.05) is 5.32 Å². The van der Waals surface area contributed by atoms with Crippen LogP contribution >= 0.6 is 50.7 Å². The smallest absolute Gasteiger partial charge is 0.276 e. The first-order chi connectivity index (χ1) is 9.38. The number of nitrogens with one attached hydrogen (secondary N) is 1. The molecule has 0 atom stereocenters. The van der Waals surface area contributed by atoms with Crippen LogP contribution in [0.4, 0.5) is 17.2 Å². The highest BCUT2D eigenvalue weighted by Crippen LogP contribution is 2.37. The van der Waals surface area contributed by atoms with Gasteiger partial charge in [0.25, 0.3) is 5.69 Å². The predicted molar refractivity (Wildman–Crippen MR) is 83.3 cm³/mol. The molecule has 0 saturated carbocycles. The van der Waals surface area contributed by atoms with Crippen molar-refractivity contribution >= 4 is 67.9 Å². The van der Waals surface area contributed by atoms with Crippen molar-refractivity contribution in [2.45, 2.75) is 0 Å². The van der Waals surface area contributed by atoms with Gasteiger partial charge < -0.3 is 5.32 Å². The molecule has 1 aromatic carbocycles. The van der Waals surface area contributed by atoms with Crippen LogP contribution in [0.2, 0.25) is 15.2 Å². The fourth-order valence-corrected chi connectivity index (χ4v) is 2.44. The maximum absolute atomic E-state index is 10.8. The summed E-state index contributed by atoms with van der Waals surface area (Å²) in [7, 11) is 0. The topological polar surface area (TPSA) is 68.1 Å². The molecule has 0 radical (unpaired) electrons. The standard InChI is InChI=1S/C11H5BrCl3N3O2/c12-6-1-2-7(11(15)10(6)14)16-9-4-5(18(19)20)3-8(13)17-9/h1-4H,(H,16,17). The second-order valence-corrected chi connectivity index (χ2v) is 5.64. The highest BCUT2D eigenvalue weighted by Gasteiger charge is 2.13. The summed E-state index contributed by atoms with van der Waals surface area (Å²) >= 11 is 21.0. The third-order valence-corrected chi connectivity index (χ3v) is 4.25. The molecule has 104 valence electrons. The van der Waals surface area contributed by atoms with Crippen LogP contribution in [0, 0.1) is 10.1 Å². The molecular formula is C11H5BrCl3N3O2. The molecule has 1 heterocycles. The maximum atomic E-state index is 10.8. The second-order valence-electron chi connectivity index (χ2n) is 3.64. The van der Waals surface area contributed by atoms with E-state index in [-0.39, 0.29) is 21.7 Å². The molecule has 0 unspecified atom stereocenters. The molecule has 0 bridgehead atoms. The first kappa shape index (κ1) is 15.3. The number of nitrogens with zero attached hydrogens (tertiary/aromatic N) is 2.